The maximum Gasteiger partial charge on any atom is 0.119 e. The summed E-state index contributed by atoms with van der Waals surface area (Å²) in [4.78, 5) is 0. The molecule has 0 aliphatic heterocycles. The minimum atomic E-state index is 0.337. The molecule has 114 valence electrons. The van der Waals surface area contributed by atoms with Gasteiger partial charge in [0.15, 0.2) is 0 Å². The van der Waals surface area contributed by atoms with Crippen molar-refractivity contribution < 1.29 is 9.47 Å². The van der Waals surface area contributed by atoms with Crippen molar-refractivity contribution in [3.8, 4) is 5.75 Å². The fourth-order valence-electron chi connectivity index (χ4n) is 1.67. The van der Waals surface area contributed by atoms with E-state index in [1.54, 1.807) is 0 Å². The van der Waals surface area contributed by atoms with E-state index in [0.717, 1.165) is 31.9 Å². The van der Waals surface area contributed by atoms with Gasteiger partial charge in [0.05, 0.1) is 6.61 Å². The van der Waals surface area contributed by atoms with Crippen molar-refractivity contribution in [1.82, 2.24) is 5.32 Å². The summed E-state index contributed by atoms with van der Waals surface area (Å²) in [6, 6.07) is 8.22. The van der Waals surface area contributed by atoms with E-state index in [4.69, 9.17) is 9.47 Å². The lowest BCUT2D eigenvalue weighted by atomic mass is 9.93. The number of ether oxygens (including phenoxy) is 2. The molecule has 0 aliphatic rings. The van der Waals surface area contributed by atoms with E-state index < -0.39 is 0 Å². The predicted molar refractivity (Wildman–Crippen MR) is 84.2 cm³/mol. The first-order chi connectivity index (χ1) is 9.51. The van der Waals surface area contributed by atoms with Crippen LogP contribution in [0.2, 0.25) is 0 Å². The number of nitrogens with one attached hydrogen (secondary N) is 1. The number of hydrogen-bond donors (Lipinski definition) is 1. The number of rotatable bonds is 9. The summed E-state index contributed by atoms with van der Waals surface area (Å²) in [5.41, 5.74) is 1.61. The van der Waals surface area contributed by atoms with Crippen LogP contribution in [-0.4, -0.2) is 26.4 Å². The van der Waals surface area contributed by atoms with Gasteiger partial charge in [-0.3, -0.25) is 0 Å². The van der Waals surface area contributed by atoms with Crippen LogP contribution < -0.4 is 10.1 Å². The van der Waals surface area contributed by atoms with Crippen LogP contribution >= 0.6 is 0 Å². The van der Waals surface area contributed by atoms with Crippen LogP contribution in [-0.2, 0) is 11.3 Å². The molecule has 1 N–H and O–H groups in total. The van der Waals surface area contributed by atoms with E-state index in [1.807, 2.05) is 12.1 Å². The molecule has 1 rings (SSSR count). The highest BCUT2D eigenvalue weighted by Crippen LogP contribution is 2.17. The lowest BCUT2D eigenvalue weighted by Crippen LogP contribution is -2.13. The second-order valence-electron chi connectivity index (χ2n) is 6.20. The molecule has 0 heterocycles. The Balaban J connectivity index is 2.13. The second-order valence-corrected chi connectivity index (χ2v) is 6.20. The third-order valence-corrected chi connectivity index (χ3v) is 3.00. The molecule has 0 amide bonds. The van der Waals surface area contributed by atoms with Gasteiger partial charge in [-0.2, -0.15) is 0 Å². The molecule has 3 heteroatoms. The van der Waals surface area contributed by atoms with Gasteiger partial charge in [0.25, 0.3) is 0 Å². The summed E-state index contributed by atoms with van der Waals surface area (Å²) in [6.07, 6.45) is 1.08. The first-order valence-electron chi connectivity index (χ1n) is 7.51. The monoisotopic (exact) mass is 279 g/mol. The first-order valence-corrected chi connectivity index (χ1v) is 7.51. The topological polar surface area (TPSA) is 30.5 Å². The summed E-state index contributed by atoms with van der Waals surface area (Å²) in [5.74, 6) is 0.907. The molecule has 0 atom stereocenters. The fraction of sp³-hybridized carbons (Fsp3) is 0.647. The quantitative estimate of drug-likeness (QED) is 0.700. The summed E-state index contributed by atoms with van der Waals surface area (Å²) in [5, 5.41) is 3.30. The van der Waals surface area contributed by atoms with Crippen molar-refractivity contribution in [2.45, 2.75) is 40.7 Å². The molecule has 0 saturated heterocycles. The molecule has 0 aliphatic carbocycles. The molecule has 0 radical (unpaired) electrons. The van der Waals surface area contributed by atoms with E-state index >= 15 is 0 Å². The molecule has 1 aromatic carbocycles. The second kappa shape index (κ2) is 8.98. The van der Waals surface area contributed by atoms with Crippen molar-refractivity contribution in [2.75, 3.05) is 26.4 Å². The average molecular weight is 279 g/mol. The molecular formula is C17H29NO2. The Bertz CT molecular complexity index is 354. The molecule has 0 spiro atoms. The Morgan fingerprint density at radius 1 is 1.00 bits per heavy atom. The van der Waals surface area contributed by atoms with Gasteiger partial charge in [0, 0.05) is 13.2 Å². The molecule has 0 unspecified atom stereocenters. The number of benzene rings is 1. The van der Waals surface area contributed by atoms with Crippen molar-refractivity contribution in [1.29, 1.82) is 0 Å². The zero-order valence-electron chi connectivity index (χ0n) is 13.4. The zero-order valence-corrected chi connectivity index (χ0v) is 13.4. The van der Waals surface area contributed by atoms with E-state index in [9.17, 15) is 0 Å². The Hall–Kier alpha value is -1.06. The van der Waals surface area contributed by atoms with Crippen LogP contribution in [0.5, 0.6) is 5.75 Å². The summed E-state index contributed by atoms with van der Waals surface area (Å²) < 4.78 is 11.2. The van der Waals surface area contributed by atoms with Gasteiger partial charge in [-0.05, 0) is 36.1 Å². The van der Waals surface area contributed by atoms with Crippen LogP contribution in [0, 0.1) is 5.41 Å². The molecule has 1 aromatic rings. The molecule has 0 aromatic heterocycles. The maximum absolute atomic E-state index is 5.65. The Morgan fingerprint density at radius 3 is 2.30 bits per heavy atom. The minimum absolute atomic E-state index is 0.337. The highest BCUT2D eigenvalue weighted by molar-refractivity contribution is 5.27. The summed E-state index contributed by atoms with van der Waals surface area (Å²) >= 11 is 0. The van der Waals surface area contributed by atoms with Crippen molar-refractivity contribution in [3.05, 3.63) is 29.8 Å². The van der Waals surface area contributed by atoms with E-state index in [1.165, 1.54) is 5.56 Å². The zero-order chi connectivity index (χ0) is 14.8. The highest BCUT2D eigenvalue weighted by atomic mass is 16.5. The van der Waals surface area contributed by atoms with Crippen LogP contribution in [0.1, 0.15) is 39.7 Å². The van der Waals surface area contributed by atoms with Gasteiger partial charge >= 0.3 is 0 Å². The Kier molecular flexibility index (Phi) is 7.63. The Labute approximate surface area is 123 Å². The molecule has 0 bridgehead atoms. The van der Waals surface area contributed by atoms with Gasteiger partial charge in [0.2, 0.25) is 0 Å². The fourth-order valence-corrected chi connectivity index (χ4v) is 1.67. The van der Waals surface area contributed by atoms with Gasteiger partial charge in [-0.25, -0.2) is 0 Å². The lowest BCUT2D eigenvalue weighted by Gasteiger charge is -2.17. The van der Waals surface area contributed by atoms with Gasteiger partial charge in [-0.15, -0.1) is 0 Å². The van der Waals surface area contributed by atoms with E-state index in [0.29, 0.717) is 18.6 Å². The highest BCUT2D eigenvalue weighted by Gasteiger charge is 2.08. The SMILES string of the molecule is CCNCc1ccc(OCCOCCC(C)(C)C)cc1. The van der Waals surface area contributed by atoms with E-state index in [-0.39, 0.29) is 0 Å². The standard InChI is InChI=1S/C17H29NO2/c1-5-18-14-15-6-8-16(9-7-15)20-13-12-19-11-10-17(2,3)4/h6-9,18H,5,10-14H2,1-4H3. The Morgan fingerprint density at radius 2 is 1.70 bits per heavy atom. The van der Waals surface area contributed by atoms with Crippen molar-refractivity contribution >= 4 is 0 Å². The van der Waals surface area contributed by atoms with Crippen molar-refractivity contribution in [3.63, 3.8) is 0 Å². The third kappa shape index (κ3) is 8.18. The summed E-state index contributed by atoms with van der Waals surface area (Å²) in [7, 11) is 0. The smallest absolute Gasteiger partial charge is 0.119 e. The van der Waals surface area contributed by atoms with Gasteiger partial charge < -0.3 is 14.8 Å². The van der Waals surface area contributed by atoms with E-state index in [2.05, 4.69) is 45.1 Å². The molecule has 20 heavy (non-hydrogen) atoms. The van der Waals surface area contributed by atoms with Crippen molar-refractivity contribution in [2.24, 2.45) is 5.41 Å². The lowest BCUT2D eigenvalue weighted by molar-refractivity contribution is 0.0818. The van der Waals surface area contributed by atoms with Crippen LogP contribution in [0.4, 0.5) is 0 Å². The van der Waals surface area contributed by atoms with Gasteiger partial charge in [0.1, 0.15) is 12.4 Å². The van der Waals surface area contributed by atoms with Crippen LogP contribution in [0.3, 0.4) is 0 Å². The molecule has 0 fully saturated rings. The molecule has 3 nitrogen and oxygen atoms in total. The first kappa shape index (κ1) is 17.0. The minimum Gasteiger partial charge on any atom is -0.491 e. The number of hydrogen-bond acceptors (Lipinski definition) is 3. The normalized spacial score (nSPS) is 11.6. The maximum atomic E-state index is 5.65. The van der Waals surface area contributed by atoms with Gasteiger partial charge in [-0.1, -0.05) is 39.8 Å². The van der Waals surface area contributed by atoms with Crippen LogP contribution in [0.15, 0.2) is 24.3 Å². The molecule has 0 saturated carbocycles. The largest absolute Gasteiger partial charge is 0.491 e. The summed E-state index contributed by atoms with van der Waals surface area (Å²) in [6.45, 7) is 12.7. The average Bonchev–Trinajstić information content (AvgIpc) is 2.40. The predicted octanol–water partition coefficient (Wildman–Crippen LogP) is 3.63. The van der Waals surface area contributed by atoms with Crippen LogP contribution in [0.25, 0.3) is 0 Å². The molecular weight excluding hydrogens is 250 g/mol. The third-order valence-electron chi connectivity index (χ3n) is 3.00.